The van der Waals surface area contributed by atoms with E-state index >= 15 is 0 Å². The van der Waals surface area contributed by atoms with Gasteiger partial charge in [0.05, 0.1) is 0 Å². The average molecular weight is 258 g/mol. The van der Waals surface area contributed by atoms with Crippen molar-refractivity contribution in [3.8, 4) is 5.88 Å². The molecule has 0 aliphatic carbocycles. The Kier molecular flexibility index (Phi) is 5.12. The largest absolute Gasteiger partial charge is 0.480 e. The van der Waals surface area contributed by atoms with Crippen LogP contribution in [0.4, 0.5) is 0 Å². The first-order valence-corrected chi connectivity index (χ1v) is 5.22. The molecule has 8 heteroatoms. The summed E-state index contributed by atoms with van der Waals surface area (Å²) in [5.41, 5.74) is 0. The summed E-state index contributed by atoms with van der Waals surface area (Å²) >= 11 is 0. The van der Waals surface area contributed by atoms with Crippen molar-refractivity contribution in [2.45, 2.75) is 19.4 Å². The summed E-state index contributed by atoms with van der Waals surface area (Å²) in [6.45, 7) is 0.962. The van der Waals surface area contributed by atoms with Gasteiger partial charge in [0, 0.05) is 19.1 Å². The van der Waals surface area contributed by atoms with Crippen molar-refractivity contribution in [2.75, 3.05) is 13.2 Å². The van der Waals surface area contributed by atoms with Crippen LogP contribution in [0.1, 0.15) is 12.2 Å². The lowest BCUT2D eigenvalue weighted by atomic mass is 10.2. The molecule has 1 atom stereocenters. The van der Waals surface area contributed by atoms with Crippen LogP contribution in [0, 0.1) is 6.92 Å². The molecule has 1 aromatic rings. The Morgan fingerprint density at radius 1 is 1.61 bits per heavy atom. The van der Waals surface area contributed by atoms with E-state index in [0.717, 1.165) is 0 Å². The minimum atomic E-state index is -1.21. The molecule has 1 heterocycles. The van der Waals surface area contributed by atoms with Gasteiger partial charge in [-0.3, -0.25) is 4.79 Å². The van der Waals surface area contributed by atoms with Gasteiger partial charge in [0.2, 0.25) is 0 Å². The van der Waals surface area contributed by atoms with Gasteiger partial charge >= 0.3 is 5.97 Å². The fraction of sp³-hybridized carbons (Fsp3) is 0.500. The second-order valence-corrected chi connectivity index (χ2v) is 3.54. The van der Waals surface area contributed by atoms with Crippen molar-refractivity contribution >= 4 is 11.9 Å². The van der Waals surface area contributed by atoms with Gasteiger partial charge in [-0.2, -0.15) is 0 Å². The van der Waals surface area contributed by atoms with Crippen molar-refractivity contribution < 1.29 is 29.1 Å². The zero-order valence-electron chi connectivity index (χ0n) is 9.75. The zero-order chi connectivity index (χ0) is 13.5. The minimum absolute atomic E-state index is 0.0653. The number of amides is 1. The number of aromatic nitrogens is 1. The van der Waals surface area contributed by atoms with Gasteiger partial charge in [-0.25, -0.2) is 4.79 Å². The van der Waals surface area contributed by atoms with Crippen LogP contribution in [0.2, 0.25) is 0 Å². The molecule has 0 saturated carbocycles. The van der Waals surface area contributed by atoms with Crippen molar-refractivity contribution in [3.05, 3.63) is 11.8 Å². The normalized spacial score (nSPS) is 11.9. The molecule has 0 aliphatic rings. The predicted octanol–water partition coefficient (Wildman–Crippen LogP) is -0.686. The Hall–Kier alpha value is -2.09. The Morgan fingerprint density at radius 3 is 2.83 bits per heavy atom. The van der Waals surface area contributed by atoms with Crippen LogP contribution >= 0.6 is 0 Å². The van der Waals surface area contributed by atoms with Gasteiger partial charge in [0.15, 0.2) is 6.61 Å². The zero-order valence-corrected chi connectivity index (χ0v) is 9.75. The smallest absolute Gasteiger partial charge is 0.326 e. The third-order valence-electron chi connectivity index (χ3n) is 2.01. The highest BCUT2D eigenvalue weighted by atomic mass is 16.5. The van der Waals surface area contributed by atoms with E-state index in [9.17, 15) is 9.59 Å². The number of nitrogens with one attached hydrogen (secondary N) is 1. The van der Waals surface area contributed by atoms with Gasteiger partial charge < -0.3 is 24.8 Å². The topological polar surface area (TPSA) is 122 Å². The van der Waals surface area contributed by atoms with E-state index < -0.39 is 17.9 Å². The number of aliphatic hydroxyl groups is 1. The molecule has 1 aromatic heterocycles. The third kappa shape index (κ3) is 4.42. The lowest BCUT2D eigenvalue weighted by Crippen LogP contribution is -2.43. The summed E-state index contributed by atoms with van der Waals surface area (Å²) in [7, 11) is 0. The molecule has 8 nitrogen and oxygen atoms in total. The minimum Gasteiger partial charge on any atom is -0.480 e. The number of nitrogens with zero attached hydrogens (tertiary/aromatic N) is 1. The SMILES string of the molecule is Cc1cc(OCC(=O)NC(CCO)C(=O)O)no1. The number of rotatable bonds is 7. The second-order valence-electron chi connectivity index (χ2n) is 3.54. The van der Waals surface area contributed by atoms with Crippen LogP contribution in [0.5, 0.6) is 5.88 Å². The number of carbonyl (C=O) groups excluding carboxylic acids is 1. The van der Waals surface area contributed by atoms with Gasteiger partial charge in [0.1, 0.15) is 11.8 Å². The van der Waals surface area contributed by atoms with Crippen molar-refractivity contribution in [1.29, 1.82) is 0 Å². The first-order chi connectivity index (χ1) is 8.52. The molecule has 0 saturated heterocycles. The van der Waals surface area contributed by atoms with E-state index in [1.807, 2.05) is 0 Å². The summed E-state index contributed by atoms with van der Waals surface area (Å²) in [4.78, 5) is 22.1. The fourth-order valence-corrected chi connectivity index (χ4v) is 1.17. The molecule has 3 N–H and O–H groups in total. The number of carbonyl (C=O) groups is 2. The number of aliphatic carboxylic acids is 1. The van der Waals surface area contributed by atoms with Crippen molar-refractivity contribution in [2.24, 2.45) is 0 Å². The summed E-state index contributed by atoms with van der Waals surface area (Å²) in [5.74, 6) is -1.14. The van der Waals surface area contributed by atoms with Crippen LogP contribution < -0.4 is 10.1 Å². The van der Waals surface area contributed by atoms with Gasteiger partial charge in [-0.15, -0.1) is 0 Å². The Labute approximate surface area is 103 Å². The second kappa shape index (κ2) is 6.60. The summed E-state index contributed by atoms with van der Waals surface area (Å²) in [6, 6.07) is 0.362. The molecule has 1 amide bonds. The van der Waals surface area contributed by atoms with Crippen LogP contribution in [0.25, 0.3) is 0 Å². The fourth-order valence-electron chi connectivity index (χ4n) is 1.17. The van der Waals surface area contributed by atoms with Gasteiger partial charge in [-0.1, -0.05) is 0 Å². The van der Waals surface area contributed by atoms with E-state index in [2.05, 4.69) is 10.5 Å². The van der Waals surface area contributed by atoms with Crippen LogP contribution in [0.15, 0.2) is 10.6 Å². The van der Waals surface area contributed by atoms with E-state index in [-0.39, 0.29) is 25.5 Å². The number of aryl methyl sites for hydroxylation is 1. The van der Waals surface area contributed by atoms with Crippen LogP contribution in [-0.4, -0.2) is 46.5 Å². The summed E-state index contributed by atoms with van der Waals surface area (Å²) in [6.07, 6.45) is -0.0653. The predicted molar refractivity (Wildman–Crippen MR) is 58.0 cm³/mol. The molecule has 0 radical (unpaired) electrons. The first kappa shape index (κ1) is 14.0. The maximum Gasteiger partial charge on any atom is 0.326 e. The summed E-state index contributed by atoms with van der Waals surface area (Å²) < 4.78 is 9.70. The van der Waals surface area contributed by atoms with Crippen LogP contribution in [-0.2, 0) is 9.59 Å². The Bertz CT molecular complexity index is 416. The van der Waals surface area contributed by atoms with Crippen LogP contribution in [0.3, 0.4) is 0 Å². The molecular weight excluding hydrogens is 244 g/mol. The highest BCUT2D eigenvalue weighted by Gasteiger charge is 2.19. The van der Waals surface area contributed by atoms with Gasteiger partial charge in [0.25, 0.3) is 11.8 Å². The maximum atomic E-state index is 11.4. The number of hydrogen-bond acceptors (Lipinski definition) is 6. The third-order valence-corrected chi connectivity index (χ3v) is 2.01. The number of carboxylic acid groups (broad SMARTS) is 1. The van der Waals surface area contributed by atoms with E-state index in [1.165, 1.54) is 6.07 Å². The van der Waals surface area contributed by atoms with Crippen molar-refractivity contribution in [3.63, 3.8) is 0 Å². The number of aliphatic hydroxyl groups excluding tert-OH is 1. The van der Waals surface area contributed by atoms with E-state index in [1.54, 1.807) is 6.92 Å². The standard InChI is InChI=1S/C10H14N2O6/c1-6-4-9(12-18-6)17-5-8(14)11-7(2-3-13)10(15)16/h4,7,13H,2-3,5H2,1H3,(H,11,14)(H,15,16). The number of hydrogen-bond donors (Lipinski definition) is 3. The summed E-state index contributed by atoms with van der Waals surface area (Å²) in [5, 5.41) is 23.1. The molecule has 1 rings (SSSR count). The molecule has 0 fully saturated rings. The molecular formula is C10H14N2O6. The quantitative estimate of drug-likeness (QED) is 0.591. The number of ether oxygens (including phenoxy) is 1. The first-order valence-electron chi connectivity index (χ1n) is 5.22. The van der Waals surface area contributed by atoms with Crippen molar-refractivity contribution in [1.82, 2.24) is 10.5 Å². The average Bonchev–Trinajstić information content (AvgIpc) is 2.72. The van der Waals surface area contributed by atoms with Gasteiger partial charge in [-0.05, 0) is 12.1 Å². The molecule has 100 valence electrons. The van der Waals surface area contributed by atoms with E-state index in [4.69, 9.17) is 19.5 Å². The molecule has 1 unspecified atom stereocenters. The maximum absolute atomic E-state index is 11.4. The lowest BCUT2D eigenvalue weighted by molar-refractivity contribution is -0.142. The highest BCUT2D eigenvalue weighted by molar-refractivity contribution is 5.84. The molecule has 0 aromatic carbocycles. The Morgan fingerprint density at radius 2 is 2.33 bits per heavy atom. The number of carboxylic acids is 1. The monoisotopic (exact) mass is 258 g/mol. The molecule has 0 bridgehead atoms. The lowest BCUT2D eigenvalue weighted by Gasteiger charge is -2.12. The van der Waals surface area contributed by atoms with E-state index in [0.29, 0.717) is 5.76 Å². The molecule has 18 heavy (non-hydrogen) atoms. The molecule has 0 aliphatic heterocycles. The highest BCUT2D eigenvalue weighted by Crippen LogP contribution is 2.09. The molecule has 0 spiro atoms. The Balaban J connectivity index is 2.38.